The number of nitrogens with one attached hydrogen (secondary N) is 1. The van der Waals surface area contributed by atoms with Crippen LogP contribution in [-0.4, -0.2) is 47.4 Å². The molecule has 1 saturated heterocycles. The van der Waals surface area contributed by atoms with Gasteiger partial charge in [0, 0.05) is 39.3 Å². The van der Waals surface area contributed by atoms with Crippen molar-refractivity contribution in [3.8, 4) is 0 Å². The summed E-state index contributed by atoms with van der Waals surface area (Å²) < 4.78 is 38.1. The SMILES string of the molecule is CN(C)c1n[nH]c(C2CCN(c3ncc(C(F)(F)F)cc3Cl)CC2)n1. The number of nitrogens with zero attached hydrogens (tertiary/aromatic N) is 5. The molecule has 10 heteroatoms. The van der Waals surface area contributed by atoms with Crippen molar-refractivity contribution >= 4 is 23.4 Å². The zero-order valence-corrected chi connectivity index (χ0v) is 14.6. The third kappa shape index (κ3) is 3.81. The molecule has 1 N–H and O–H groups in total. The van der Waals surface area contributed by atoms with Gasteiger partial charge in [-0.15, -0.1) is 5.10 Å². The third-order valence-electron chi connectivity index (χ3n) is 4.22. The lowest BCUT2D eigenvalue weighted by atomic mass is 9.96. The molecule has 0 atom stereocenters. The Morgan fingerprint density at radius 3 is 2.48 bits per heavy atom. The van der Waals surface area contributed by atoms with Gasteiger partial charge in [-0.2, -0.15) is 18.2 Å². The molecule has 0 spiro atoms. The molecule has 0 aromatic carbocycles. The Bertz CT molecular complexity index is 737. The molecule has 6 nitrogen and oxygen atoms in total. The molecule has 0 radical (unpaired) electrons. The summed E-state index contributed by atoms with van der Waals surface area (Å²) in [6, 6.07) is 0.926. The van der Waals surface area contributed by atoms with E-state index >= 15 is 0 Å². The number of halogens is 4. The van der Waals surface area contributed by atoms with E-state index in [0.717, 1.165) is 30.9 Å². The maximum Gasteiger partial charge on any atom is 0.417 e. The van der Waals surface area contributed by atoms with Crippen molar-refractivity contribution in [2.24, 2.45) is 0 Å². The lowest BCUT2D eigenvalue weighted by molar-refractivity contribution is -0.137. The number of piperidine rings is 1. The van der Waals surface area contributed by atoms with Gasteiger partial charge in [-0.1, -0.05) is 11.6 Å². The predicted octanol–water partition coefficient (Wildman–Crippen LogP) is 3.32. The van der Waals surface area contributed by atoms with Crippen LogP contribution in [0.5, 0.6) is 0 Å². The van der Waals surface area contributed by atoms with Crippen molar-refractivity contribution < 1.29 is 13.2 Å². The number of hydrogen-bond acceptors (Lipinski definition) is 5. The Balaban J connectivity index is 1.68. The van der Waals surface area contributed by atoms with Crippen LogP contribution in [0.15, 0.2) is 12.3 Å². The maximum absolute atomic E-state index is 12.7. The quantitative estimate of drug-likeness (QED) is 0.893. The molecule has 1 aliphatic heterocycles. The van der Waals surface area contributed by atoms with Crippen LogP contribution in [0.2, 0.25) is 5.02 Å². The zero-order chi connectivity index (χ0) is 18.2. The number of pyridine rings is 1. The van der Waals surface area contributed by atoms with Gasteiger partial charge >= 0.3 is 6.18 Å². The molecule has 2 aromatic heterocycles. The van der Waals surface area contributed by atoms with Crippen molar-refractivity contribution in [1.29, 1.82) is 0 Å². The fraction of sp³-hybridized carbons (Fsp3) is 0.533. The Morgan fingerprint density at radius 2 is 1.96 bits per heavy atom. The van der Waals surface area contributed by atoms with Crippen molar-refractivity contribution in [2.45, 2.75) is 24.9 Å². The summed E-state index contributed by atoms with van der Waals surface area (Å²) in [7, 11) is 3.74. The molecular weight excluding hydrogens is 357 g/mol. The van der Waals surface area contributed by atoms with Crippen LogP contribution in [0.1, 0.15) is 30.1 Å². The van der Waals surface area contributed by atoms with Gasteiger partial charge in [-0.05, 0) is 18.9 Å². The lowest BCUT2D eigenvalue weighted by Crippen LogP contribution is -2.34. The molecule has 2 aromatic rings. The average molecular weight is 375 g/mol. The van der Waals surface area contributed by atoms with Gasteiger partial charge < -0.3 is 9.80 Å². The minimum Gasteiger partial charge on any atom is -0.355 e. The van der Waals surface area contributed by atoms with Crippen molar-refractivity contribution in [3.63, 3.8) is 0 Å². The summed E-state index contributed by atoms with van der Waals surface area (Å²) in [6.07, 6.45) is -2.03. The standard InChI is InChI=1S/C15H18ClF3N6/c1-24(2)14-21-12(22-23-14)9-3-5-25(6-4-9)13-11(16)7-10(8-20-13)15(17,18)19/h7-9H,3-6H2,1-2H3,(H,21,22,23). The number of rotatable bonds is 3. The summed E-state index contributed by atoms with van der Waals surface area (Å²) in [6.45, 7) is 1.28. The zero-order valence-electron chi connectivity index (χ0n) is 13.8. The minimum absolute atomic E-state index is 0.0165. The number of H-pyrrole nitrogens is 1. The number of alkyl halides is 3. The molecule has 25 heavy (non-hydrogen) atoms. The van der Waals surface area contributed by atoms with Gasteiger partial charge in [0.05, 0.1) is 10.6 Å². The van der Waals surface area contributed by atoms with E-state index in [1.165, 1.54) is 0 Å². The Morgan fingerprint density at radius 1 is 1.28 bits per heavy atom. The average Bonchev–Trinajstić information content (AvgIpc) is 3.04. The van der Waals surface area contributed by atoms with E-state index < -0.39 is 11.7 Å². The first-order valence-electron chi connectivity index (χ1n) is 7.83. The van der Waals surface area contributed by atoms with E-state index in [4.69, 9.17) is 11.6 Å². The Kier molecular flexibility index (Phi) is 4.77. The third-order valence-corrected chi connectivity index (χ3v) is 4.50. The smallest absolute Gasteiger partial charge is 0.355 e. The normalized spacial score (nSPS) is 16.3. The van der Waals surface area contributed by atoms with Crippen LogP contribution < -0.4 is 9.80 Å². The molecule has 3 heterocycles. The molecule has 136 valence electrons. The summed E-state index contributed by atoms with van der Waals surface area (Å²) >= 11 is 6.02. The van der Waals surface area contributed by atoms with E-state index in [-0.39, 0.29) is 10.9 Å². The van der Waals surface area contributed by atoms with Gasteiger partial charge in [0.1, 0.15) is 11.6 Å². The monoisotopic (exact) mass is 374 g/mol. The molecule has 0 bridgehead atoms. The molecule has 1 aliphatic rings. The fourth-order valence-corrected chi connectivity index (χ4v) is 3.12. The van der Waals surface area contributed by atoms with Crippen LogP contribution >= 0.6 is 11.6 Å². The van der Waals surface area contributed by atoms with Gasteiger partial charge in [0.25, 0.3) is 0 Å². The molecule has 0 unspecified atom stereocenters. The Hall–Kier alpha value is -2.03. The Labute approximate surface area is 148 Å². The largest absolute Gasteiger partial charge is 0.417 e. The number of hydrogen-bond donors (Lipinski definition) is 1. The van der Waals surface area contributed by atoms with Crippen LogP contribution in [-0.2, 0) is 6.18 Å². The van der Waals surface area contributed by atoms with Crippen LogP contribution in [0.3, 0.4) is 0 Å². The summed E-state index contributed by atoms with van der Waals surface area (Å²) in [5.74, 6) is 2.07. The second-order valence-electron chi connectivity index (χ2n) is 6.20. The predicted molar refractivity (Wildman–Crippen MR) is 89.1 cm³/mol. The van der Waals surface area contributed by atoms with E-state index in [9.17, 15) is 13.2 Å². The molecule has 0 saturated carbocycles. The second kappa shape index (κ2) is 6.70. The molecule has 1 fully saturated rings. The fourth-order valence-electron chi connectivity index (χ4n) is 2.83. The summed E-state index contributed by atoms with van der Waals surface area (Å²) in [5, 5.41) is 7.13. The van der Waals surface area contributed by atoms with Crippen molar-refractivity contribution in [2.75, 3.05) is 37.0 Å². The maximum atomic E-state index is 12.7. The molecule has 0 amide bonds. The number of anilines is 2. The lowest BCUT2D eigenvalue weighted by Gasteiger charge is -2.32. The van der Waals surface area contributed by atoms with Gasteiger partial charge in [-0.3, -0.25) is 5.10 Å². The van der Waals surface area contributed by atoms with Gasteiger partial charge in [-0.25, -0.2) is 4.98 Å². The van der Waals surface area contributed by atoms with Crippen LogP contribution in [0.25, 0.3) is 0 Å². The first-order chi connectivity index (χ1) is 11.8. The highest BCUT2D eigenvalue weighted by Gasteiger charge is 2.32. The topological polar surface area (TPSA) is 60.9 Å². The highest BCUT2D eigenvalue weighted by Crippen LogP contribution is 2.35. The van der Waals surface area contributed by atoms with E-state index in [1.54, 1.807) is 0 Å². The van der Waals surface area contributed by atoms with Crippen LogP contribution in [0, 0.1) is 0 Å². The summed E-state index contributed by atoms with van der Waals surface area (Å²) in [5.41, 5.74) is -0.839. The highest BCUT2D eigenvalue weighted by molar-refractivity contribution is 6.33. The molecule has 0 aliphatic carbocycles. The van der Waals surface area contributed by atoms with Gasteiger partial charge in [0.2, 0.25) is 5.95 Å². The van der Waals surface area contributed by atoms with E-state index in [2.05, 4.69) is 20.2 Å². The van der Waals surface area contributed by atoms with E-state index in [1.807, 2.05) is 23.9 Å². The minimum atomic E-state index is -4.45. The first kappa shape index (κ1) is 17.8. The number of aromatic amines is 1. The van der Waals surface area contributed by atoms with Crippen LogP contribution in [0.4, 0.5) is 24.9 Å². The summed E-state index contributed by atoms with van der Waals surface area (Å²) in [4.78, 5) is 12.1. The second-order valence-corrected chi connectivity index (χ2v) is 6.61. The van der Waals surface area contributed by atoms with Crippen molar-refractivity contribution in [3.05, 3.63) is 28.7 Å². The number of aromatic nitrogens is 4. The van der Waals surface area contributed by atoms with Crippen molar-refractivity contribution in [1.82, 2.24) is 20.2 Å². The van der Waals surface area contributed by atoms with E-state index in [0.29, 0.717) is 24.9 Å². The highest BCUT2D eigenvalue weighted by atomic mass is 35.5. The molecular formula is C15H18ClF3N6. The molecule has 3 rings (SSSR count). The first-order valence-corrected chi connectivity index (χ1v) is 8.21. The van der Waals surface area contributed by atoms with Gasteiger partial charge in [0.15, 0.2) is 0 Å².